The van der Waals surface area contributed by atoms with Crippen molar-refractivity contribution in [3.05, 3.63) is 78.4 Å². The Morgan fingerprint density at radius 1 is 1.09 bits per heavy atom. The fourth-order valence-electron chi connectivity index (χ4n) is 6.21. The molecule has 6 rings (SSSR count). The number of aromatic nitrogens is 4. The molecule has 4 N–H and O–H groups in total. The minimum Gasteiger partial charge on any atom is -0.420 e. The van der Waals surface area contributed by atoms with Gasteiger partial charge in [0.15, 0.2) is 5.82 Å². The first-order valence-electron chi connectivity index (χ1n) is 14.0. The zero-order chi connectivity index (χ0) is 31.0. The van der Waals surface area contributed by atoms with Gasteiger partial charge in [-0.3, -0.25) is 20.2 Å². The fourth-order valence-corrected chi connectivity index (χ4v) is 6.30. The summed E-state index contributed by atoms with van der Waals surface area (Å²) in [5, 5.41) is 15.9. The molecule has 0 radical (unpaired) electrons. The molecule has 3 amide bonds. The van der Waals surface area contributed by atoms with Gasteiger partial charge < -0.3 is 20.3 Å². The predicted octanol–water partition coefficient (Wildman–Crippen LogP) is 5.95. The molecule has 3 atom stereocenters. The lowest BCUT2D eigenvalue weighted by Crippen LogP contribution is -2.51. The van der Waals surface area contributed by atoms with E-state index in [9.17, 15) is 18.4 Å². The highest BCUT2D eigenvalue weighted by molar-refractivity contribution is 6.20. The number of nitrogens with one attached hydrogen (secondary N) is 4. The van der Waals surface area contributed by atoms with Crippen molar-refractivity contribution in [2.24, 2.45) is 0 Å². The lowest BCUT2D eigenvalue weighted by Gasteiger charge is -2.36. The summed E-state index contributed by atoms with van der Waals surface area (Å²) in [4.78, 5) is 36.9. The molecule has 2 aliphatic rings. The molecular formula is C30H29ClF2N8O3. The number of carbonyl (C=O) groups excluding carboxylic acids is 2. The highest BCUT2D eigenvalue weighted by atomic mass is 35.5. The van der Waals surface area contributed by atoms with Crippen LogP contribution >= 0.6 is 11.6 Å². The standard InChI is InChI=1S/C30H29ClF2N8O3/c1-16(2)41-26-21(20-7-8-24(27(20)41)38-29(43)39-25-15-34-11-12-35-25)13-17(14-22(26)23-9-10-36-40-23)28(42)37-18-3-5-19(6-4-18)44-30(31,32)33/h3-6,9-16,20,24,27H,7-8H2,1-2H3,(H,36,40)(H,37,42)(H2,35,38,39,43). The Bertz CT molecular complexity index is 1650. The normalized spacial score (nSPS) is 19.0. The Kier molecular flexibility index (Phi) is 7.80. The van der Waals surface area contributed by atoms with Crippen molar-refractivity contribution in [2.45, 2.75) is 56.3 Å². The minimum absolute atomic E-state index is 0.0507. The van der Waals surface area contributed by atoms with Crippen LogP contribution in [-0.2, 0) is 0 Å². The maximum absolute atomic E-state index is 13.5. The highest BCUT2D eigenvalue weighted by Crippen LogP contribution is 2.53. The van der Waals surface area contributed by atoms with Gasteiger partial charge in [-0.25, -0.2) is 9.78 Å². The van der Waals surface area contributed by atoms with Gasteiger partial charge in [-0.05, 0) is 74.7 Å². The zero-order valence-electron chi connectivity index (χ0n) is 23.7. The number of anilines is 3. The van der Waals surface area contributed by atoms with Crippen LogP contribution in [0.2, 0.25) is 0 Å². The van der Waals surface area contributed by atoms with E-state index in [4.69, 9.17) is 11.6 Å². The molecular weight excluding hydrogens is 594 g/mol. The van der Waals surface area contributed by atoms with Crippen LogP contribution in [0.5, 0.6) is 5.75 Å². The van der Waals surface area contributed by atoms with Gasteiger partial charge in [0.1, 0.15) is 5.75 Å². The maximum atomic E-state index is 13.5. The van der Waals surface area contributed by atoms with Crippen LogP contribution in [0.1, 0.15) is 48.5 Å². The summed E-state index contributed by atoms with van der Waals surface area (Å²) < 4.78 is 30.3. The average Bonchev–Trinajstić information content (AvgIpc) is 3.71. The number of benzene rings is 2. The summed E-state index contributed by atoms with van der Waals surface area (Å²) in [6.07, 6.45) is 7.72. The second kappa shape index (κ2) is 11.7. The molecule has 44 heavy (non-hydrogen) atoms. The molecule has 1 aliphatic heterocycles. The largest absolute Gasteiger partial charge is 0.487 e. The molecule has 14 heteroatoms. The lowest BCUT2D eigenvalue weighted by molar-refractivity contribution is -0.0964. The molecule has 2 aromatic heterocycles. The third kappa shape index (κ3) is 6.00. The van der Waals surface area contributed by atoms with E-state index in [1.807, 2.05) is 18.2 Å². The second-order valence-electron chi connectivity index (χ2n) is 10.9. The van der Waals surface area contributed by atoms with E-state index >= 15 is 0 Å². The van der Waals surface area contributed by atoms with E-state index in [0.717, 1.165) is 35.3 Å². The average molecular weight is 623 g/mol. The predicted molar refractivity (Wildman–Crippen MR) is 161 cm³/mol. The number of aromatic amines is 1. The number of rotatable bonds is 8. The van der Waals surface area contributed by atoms with E-state index in [0.29, 0.717) is 17.1 Å². The van der Waals surface area contributed by atoms with E-state index in [1.54, 1.807) is 6.20 Å². The molecule has 0 bridgehead atoms. The van der Waals surface area contributed by atoms with Crippen molar-refractivity contribution in [1.29, 1.82) is 0 Å². The molecule has 1 saturated carbocycles. The number of alkyl halides is 3. The smallest absolute Gasteiger partial charge is 0.420 e. The second-order valence-corrected chi connectivity index (χ2v) is 11.4. The van der Waals surface area contributed by atoms with Crippen LogP contribution < -0.4 is 25.6 Å². The molecule has 3 unspecified atom stereocenters. The fraction of sp³-hybridized carbons (Fsp3) is 0.300. The van der Waals surface area contributed by atoms with Crippen LogP contribution in [0.4, 0.5) is 30.8 Å². The molecule has 1 aliphatic carbocycles. The molecule has 1 fully saturated rings. The Balaban J connectivity index is 1.30. The Hall–Kier alpha value is -4.78. The third-order valence-electron chi connectivity index (χ3n) is 7.81. The molecule has 2 aromatic carbocycles. The number of halogens is 3. The van der Waals surface area contributed by atoms with Crippen LogP contribution in [0.25, 0.3) is 11.3 Å². The van der Waals surface area contributed by atoms with Gasteiger partial charge in [0.2, 0.25) is 0 Å². The lowest BCUT2D eigenvalue weighted by atomic mass is 9.92. The van der Waals surface area contributed by atoms with Gasteiger partial charge in [-0.1, -0.05) is 0 Å². The van der Waals surface area contributed by atoms with Crippen LogP contribution in [0, 0.1) is 0 Å². The third-order valence-corrected chi connectivity index (χ3v) is 7.89. The number of fused-ring (bicyclic) bond motifs is 3. The Labute approximate surface area is 256 Å². The van der Waals surface area contributed by atoms with Crippen molar-refractivity contribution in [3.63, 3.8) is 0 Å². The van der Waals surface area contributed by atoms with Crippen molar-refractivity contribution < 1.29 is 23.1 Å². The number of nitrogens with zero attached hydrogens (tertiary/aromatic N) is 4. The van der Waals surface area contributed by atoms with E-state index < -0.39 is 5.57 Å². The Morgan fingerprint density at radius 3 is 2.55 bits per heavy atom. The summed E-state index contributed by atoms with van der Waals surface area (Å²) in [5.74, 6) is -0.110. The molecule has 0 saturated heterocycles. The van der Waals surface area contributed by atoms with Crippen molar-refractivity contribution >= 4 is 40.7 Å². The maximum Gasteiger partial charge on any atom is 0.487 e. The zero-order valence-corrected chi connectivity index (χ0v) is 24.5. The van der Waals surface area contributed by atoms with Gasteiger partial charge in [0.25, 0.3) is 5.91 Å². The minimum atomic E-state index is -3.84. The van der Waals surface area contributed by atoms with Crippen LogP contribution in [-0.4, -0.2) is 55.8 Å². The first-order valence-corrected chi connectivity index (χ1v) is 14.4. The van der Waals surface area contributed by atoms with Gasteiger partial charge >= 0.3 is 11.6 Å². The number of urea groups is 1. The first kappa shape index (κ1) is 29.3. The molecule has 3 heterocycles. The summed E-state index contributed by atoms with van der Waals surface area (Å²) in [6, 6.07) is 10.6. The number of amides is 3. The first-order chi connectivity index (χ1) is 21.1. The van der Waals surface area contributed by atoms with E-state index in [2.05, 4.69) is 59.6 Å². The number of hydrogen-bond acceptors (Lipinski definition) is 7. The van der Waals surface area contributed by atoms with E-state index in [-0.39, 0.29) is 41.7 Å². The summed E-state index contributed by atoms with van der Waals surface area (Å²) in [5.41, 5.74) is 0.522. The Morgan fingerprint density at radius 2 is 1.89 bits per heavy atom. The van der Waals surface area contributed by atoms with Crippen LogP contribution in [0.3, 0.4) is 0 Å². The number of carbonyl (C=O) groups is 2. The van der Waals surface area contributed by atoms with Crippen molar-refractivity contribution in [3.8, 4) is 17.0 Å². The van der Waals surface area contributed by atoms with Crippen LogP contribution in [0.15, 0.2) is 67.3 Å². The van der Waals surface area contributed by atoms with Gasteiger partial charge in [-0.2, -0.15) is 5.10 Å². The molecule has 0 spiro atoms. The van der Waals surface area contributed by atoms with Crippen molar-refractivity contribution in [2.75, 3.05) is 15.5 Å². The molecule has 11 nitrogen and oxygen atoms in total. The van der Waals surface area contributed by atoms with Gasteiger partial charge in [0, 0.05) is 59.0 Å². The molecule has 4 aromatic rings. The quantitative estimate of drug-likeness (QED) is 0.178. The SMILES string of the molecule is CC(C)N1c2c(-c3ccn[nH]3)cc(C(=O)Nc3ccc(OC(F)(F)Cl)cc3)cc2C2CCC(NC(=O)Nc3cnccn3)C21. The van der Waals surface area contributed by atoms with Gasteiger partial charge in [0.05, 0.1) is 29.7 Å². The number of H-pyrrole nitrogens is 1. The van der Waals surface area contributed by atoms with Crippen molar-refractivity contribution in [1.82, 2.24) is 25.5 Å². The number of ether oxygens (including phenoxy) is 1. The topological polar surface area (TPSA) is 137 Å². The summed E-state index contributed by atoms with van der Waals surface area (Å²) >= 11 is 4.85. The monoisotopic (exact) mass is 622 g/mol. The molecule has 228 valence electrons. The highest BCUT2D eigenvalue weighted by Gasteiger charge is 2.49. The van der Waals surface area contributed by atoms with Gasteiger partial charge in [-0.15, -0.1) is 8.78 Å². The summed E-state index contributed by atoms with van der Waals surface area (Å²) in [7, 11) is 0. The summed E-state index contributed by atoms with van der Waals surface area (Å²) in [6.45, 7) is 4.21. The number of hydrogen-bond donors (Lipinski definition) is 4. The van der Waals surface area contributed by atoms with E-state index in [1.165, 1.54) is 42.9 Å².